The van der Waals surface area contributed by atoms with E-state index in [0.29, 0.717) is 37.2 Å². The molecule has 0 atom stereocenters. The molecule has 1 aliphatic rings. The Labute approximate surface area is 223 Å². The second-order valence-corrected chi connectivity index (χ2v) is 9.18. The molecule has 39 heavy (non-hydrogen) atoms. The van der Waals surface area contributed by atoms with Gasteiger partial charge < -0.3 is 14.8 Å². The molecule has 3 aromatic carbocycles. The Morgan fingerprint density at radius 2 is 1.62 bits per heavy atom. The number of rotatable bonds is 7. The van der Waals surface area contributed by atoms with Crippen LogP contribution in [0.1, 0.15) is 25.7 Å². The van der Waals surface area contributed by atoms with Crippen molar-refractivity contribution < 1.29 is 23.6 Å². The number of nitrogens with one attached hydrogen (secondary N) is 1. The maximum atomic E-state index is 14.7. The predicted molar refractivity (Wildman–Crippen MR) is 143 cm³/mol. The third-order valence-electron chi connectivity index (χ3n) is 6.51. The van der Waals surface area contributed by atoms with Gasteiger partial charge in [-0.3, -0.25) is 10.1 Å². The predicted octanol–water partition coefficient (Wildman–Crippen LogP) is 6.80. The molecule has 10 heteroatoms. The SMILES string of the molecule is O=C(Oc1ccc([N+](=O)[O-])cc1)O[C@H]1CC[C@H](Nc2ncc(F)c(-c3cccc(-c4ccccc4)c3)n2)CC1. The lowest BCUT2D eigenvalue weighted by molar-refractivity contribution is -0.384. The fourth-order valence-corrected chi connectivity index (χ4v) is 4.52. The number of benzene rings is 3. The summed E-state index contributed by atoms with van der Waals surface area (Å²) in [4.78, 5) is 30.9. The number of ether oxygens (including phenoxy) is 2. The van der Waals surface area contributed by atoms with Gasteiger partial charge in [0.2, 0.25) is 5.95 Å². The number of anilines is 1. The van der Waals surface area contributed by atoms with Crippen molar-refractivity contribution >= 4 is 17.8 Å². The van der Waals surface area contributed by atoms with E-state index in [1.54, 1.807) is 0 Å². The van der Waals surface area contributed by atoms with Gasteiger partial charge in [0.25, 0.3) is 5.69 Å². The molecule has 0 saturated heterocycles. The van der Waals surface area contributed by atoms with Crippen LogP contribution in [-0.4, -0.2) is 33.2 Å². The van der Waals surface area contributed by atoms with Crippen molar-refractivity contribution in [1.82, 2.24) is 9.97 Å². The molecule has 9 nitrogen and oxygen atoms in total. The van der Waals surface area contributed by atoms with Crippen molar-refractivity contribution in [1.29, 1.82) is 0 Å². The number of hydrogen-bond donors (Lipinski definition) is 1. The van der Waals surface area contributed by atoms with Crippen LogP contribution in [0.4, 0.5) is 20.8 Å². The third kappa shape index (κ3) is 6.53. The Morgan fingerprint density at radius 1 is 0.923 bits per heavy atom. The van der Waals surface area contributed by atoms with Crippen LogP contribution in [0.5, 0.6) is 5.75 Å². The number of nitro benzene ring substituents is 1. The lowest BCUT2D eigenvalue weighted by Gasteiger charge is -2.28. The molecule has 0 bridgehead atoms. The third-order valence-corrected chi connectivity index (χ3v) is 6.51. The average Bonchev–Trinajstić information content (AvgIpc) is 2.96. The van der Waals surface area contributed by atoms with Crippen molar-refractivity contribution in [2.75, 3.05) is 5.32 Å². The van der Waals surface area contributed by atoms with Gasteiger partial charge in [-0.2, -0.15) is 0 Å². The highest BCUT2D eigenvalue weighted by Crippen LogP contribution is 2.29. The summed E-state index contributed by atoms with van der Waals surface area (Å²) in [5.41, 5.74) is 2.77. The molecule has 1 aromatic heterocycles. The second kappa shape index (κ2) is 11.7. The van der Waals surface area contributed by atoms with E-state index in [0.717, 1.165) is 11.1 Å². The van der Waals surface area contributed by atoms with E-state index in [1.165, 1.54) is 30.5 Å². The maximum absolute atomic E-state index is 14.7. The Hall–Kier alpha value is -4.86. The highest BCUT2D eigenvalue weighted by molar-refractivity contribution is 5.72. The number of nitrogens with zero attached hydrogens (tertiary/aromatic N) is 3. The van der Waals surface area contributed by atoms with Crippen molar-refractivity contribution in [3.05, 3.63) is 101 Å². The summed E-state index contributed by atoms with van der Waals surface area (Å²) < 4.78 is 25.2. The zero-order chi connectivity index (χ0) is 27.2. The van der Waals surface area contributed by atoms with E-state index < -0.39 is 16.9 Å². The number of aromatic nitrogens is 2. The minimum absolute atomic E-state index is 0.0320. The lowest BCUT2D eigenvalue weighted by atomic mass is 9.93. The van der Waals surface area contributed by atoms with Gasteiger partial charge in [0, 0.05) is 23.7 Å². The van der Waals surface area contributed by atoms with E-state index in [-0.39, 0.29) is 29.3 Å². The summed E-state index contributed by atoms with van der Waals surface area (Å²) in [5, 5.41) is 14.0. The van der Waals surface area contributed by atoms with Crippen LogP contribution in [0.25, 0.3) is 22.4 Å². The van der Waals surface area contributed by atoms with E-state index in [1.807, 2.05) is 54.6 Å². The minimum Gasteiger partial charge on any atom is -0.431 e. The Balaban J connectivity index is 1.16. The largest absolute Gasteiger partial charge is 0.514 e. The zero-order valence-corrected chi connectivity index (χ0v) is 20.8. The maximum Gasteiger partial charge on any atom is 0.514 e. The van der Waals surface area contributed by atoms with Crippen molar-refractivity contribution in [3.63, 3.8) is 0 Å². The molecule has 198 valence electrons. The molecular weight excluding hydrogens is 503 g/mol. The summed E-state index contributed by atoms with van der Waals surface area (Å²) >= 11 is 0. The minimum atomic E-state index is -0.857. The highest BCUT2D eigenvalue weighted by Gasteiger charge is 2.25. The molecule has 1 N–H and O–H groups in total. The number of halogens is 1. The first-order valence-corrected chi connectivity index (χ1v) is 12.5. The van der Waals surface area contributed by atoms with Crippen LogP contribution in [0.15, 0.2) is 85.1 Å². The summed E-state index contributed by atoms with van der Waals surface area (Å²) in [5.74, 6) is -0.00705. The molecule has 5 rings (SSSR count). The first-order chi connectivity index (χ1) is 18.9. The van der Waals surface area contributed by atoms with Gasteiger partial charge in [-0.05, 0) is 55.0 Å². The van der Waals surface area contributed by atoms with Crippen molar-refractivity contribution in [2.24, 2.45) is 0 Å². The van der Waals surface area contributed by atoms with Crippen LogP contribution >= 0.6 is 0 Å². The molecule has 1 fully saturated rings. The second-order valence-electron chi connectivity index (χ2n) is 9.18. The van der Waals surface area contributed by atoms with Crippen molar-refractivity contribution in [3.8, 4) is 28.1 Å². The van der Waals surface area contributed by atoms with Crippen LogP contribution < -0.4 is 10.1 Å². The normalized spacial score (nSPS) is 16.7. The fourth-order valence-electron chi connectivity index (χ4n) is 4.52. The van der Waals surface area contributed by atoms with Gasteiger partial charge in [-0.15, -0.1) is 0 Å². The highest BCUT2D eigenvalue weighted by atomic mass is 19.1. The quantitative estimate of drug-likeness (QED) is 0.121. The standard InChI is InChI=1S/C29H25FN4O5/c30-26-18-31-28(33-27(26)21-8-4-7-20(17-21)19-5-2-1-3-6-19)32-22-9-13-24(14-10-22)38-29(35)39-25-15-11-23(12-16-25)34(36)37/h1-8,11-12,15-18,22,24H,9-10,13-14H2,(H,31,32,33)/t22-,24-. The van der Waals surface area contributed by atoms with E-state index in [2.05, 4.69) is 15.3 Å². The van der Waals surface area contributed by atoms with Crippen LogP contribution in [0, 0.1) is 15.9 Å². The first kappa shape index (κ1) is 25.8. The molecule has 0 unspecified atom stereocenters. The van der Waals surface area contributed by atoms with Gasteiger partial charge in [0.1, 0.15) is 17.5 Å². The molecule has 0 amide bonds. The number of carbonyl (C=O) groups is 1. The molecule has 0 radical (unpaired) electrons. The van der Waals surface area contributed by atoms with E-state index in [9.17, 15) is 19.3 Å². The Kier molecular flexibility index (Phi) is 7.72. The number of carbonyl (C=O) groups excluding carboxylic acids is 1. The molecule has 1 saturated carbocycles. The van der Waals surface area contributed by atoms with E-state index >= 15 is 0 Å². The average molecular weight is 529 g/mol. The molecule has 0 aliphatic heterocycles. The van der Waals surface area contributed by atoms with E-state index in [4.69, 9.17) is 9.47 Å². The zero-order valence-electron chi connectivity index (χ0n) is 20.8. The van der Waals surface area contributed by atoms with Crippen LogP contribution in [-0.2, 0) is 4.74 Å². The Bertz CT molecular complexity index is 1460. The molecule has 0 spiro atoms. The summed E-state index contributed by atoms with van der Waals surface area (Å²) in [7, 11) is 0. The van der Waals surface area contributed by atoms with Gasteiger partial charge >= 0.3 is 6.16 Å². The lowest BCUT2D eigenvalue weighted by Crippen LogP contribution is -2.32. The van der Waals surface area contributed by atoms with Gasteiger partial charge in [0.15, 0.2) is 5.82 Å². The van der Waals surface area contributed by atoms with Gasteiger partial charge in [0.05, 0.1) is 11.1 Å². The first-order valence-electron chi connectivity index (χ1n) is 12.5. The monoisotopic (exact) mass is 528 g/mol. The van der Waals surface area contributed by atoms with Crippen LogP contribution in [0.2, 0.25) is 0 Å². The molecular formula is C29H25FN4O5. The van der Waals surface area contributed by atoms with Gasteiger partial charge in [-0.1, -0.05) is 48.5 Å². The number of non-ortho nitro benzene ring substituents is 1. The Morgan fingerprint density at radius 3 is 2.33 bits per heavy atom. The summed E-state index contributed by atoms with van der Waals surface area (Å²) in [6.45, 7) is 0. The topological polar surface area (TPSA) is 116 Å². The molecule has 1 aliphatic carbocycles. The summed E-state index contributed by atoms with van der Waals surface area (Å²) in [6, 6.07) is 22.6. The number of hydrogen-bond acceptors (Lipinski definition) is 8. The number of nitro groups is 1. The molecule has 1 heterocycles. The smallest absolute Gasteiger partial charge is 0.431 e. The van der Waals surface area contributed by atoms with Crippen molar-refractivity contribution in [2.45, 2.75) is 37.8 Å². The van der Waals surface area contributed by atoms with Crippen LogP contribution in [0.3, 0.4) is 0 Å². The fraction of sp³-hybridized carbons (Fsp3) is 0.207. The molecule has 4 aromatic rings. The summed E-state index contributed by atoms with van der Waals surface area (Å²) in [6.07, 6.45) is 2.57. The van der Waals surface area contributed by atoms with Gasteiger partial charge in [-0.25, -0.2) is 19.2 Å².